The average molecular weight is 396 g/mol. The summed E-state index contributed by atoms with van der Waals surface area (Å²) in [4.78, 5) is 27.4. The van der Waals surface area contributed by atoms with Gasteiger partial charge in [-0.3, -0.25) is 9.59 Å². The Morgan fingerprint density at radius 1 is 1.33 bits per heavy atom. The third kappa shape index (κ3) is 4.45. The lowest BCUT2D eigenvalue weighted by atomic mass is 10.2. The Morgan fingerprint density at radius 3 is 2.56 bits per heavy atom. The summed E-state index contributed by atoms with van der Waals surface area (Å²) in [6, 6.07) is 3.81. The molecule has 0 aliphatic carbocycles. The maximum atomic E-state index is 12.3. The van der Waals surface area contributed by atoms with Crippen LogP contribution in [0, 0.1) is 0 Å². The second-order valence-corrected chi connectivity index (χ2v) is 8.49. The molecule has 9 nitrogen and oxygen atoms in total. The third-order valence-corrected chi connectivity index (χ3v) is 6.03. The summed E-state index contributed by atoms with van der Waals surface area (Å²) in [5.74, 6) is -0.834. The van der Waals surface area contributed by atoms with Crippen molar-refractivity contribution in [3.05, 3.63) is 24.0 Å². The topological polar surface area (TPSA) is 122 Å². The lowest BCUT2D eigenvalue weighted by molar-refractivity contribution is -0.141. The lowest BCUT2D eigenvalue weighted by Gasteiger charge is -2.11. The molecule has 10 heteroatoms. The molecule has 0 saturated heterocycles. The van der Waals surface area contributed by atoms with Crippen molar-refractivity contribution in [2.75, 3.05) is 14.1 Å². The van der Waals surface area contributed by atoms with E-state index < -0.39 is 22.0 Å². The first-order valence-electron chi connectivity index (χ1n) is 8.51. The predicted octanol–water partition coefficient (Wildman–Crippen LogP) is 0.828. The average Bonchev–Trinajstić information content (AvgIpc) is 2.96. The number of amides is 1. The number of nitrogens with one attached hydrogen (secondary N) is 1. The van der Waals surface area contributed by atoms with Crippen LogP contribution in [0.5, 0.6) is 0 Å². The van der Waals surface area contributed by atoms with Gasteiger partial charge in [0.1, 0.15) is 11.9 Å². The van der Waals surface area contributed by atoms with Gasteiger partial charge in [-0.05, 0) is 32.0 Å². The van der Waals surface area contributed by atoms with Crippen LogP contribution >= 0.6 is 0 Å². The standard InChI is InChI=1S/C17H24N4O5S/c1-5-21-14-7-6-12(27(25,26)20(3)4)10-13(14)19-15(21)8-9-16(22)18-11(2)17(23)24/h6-7,10-11H,5,8-9H2,1-4H3,(H,18,22)(H,23,24)/t11-/m0/s1. The van der Waals surface area contributed by atoms with Gasteiger partial charge in [-0.25, -0.2) is 17.7 Å². The second-order valence-electron chi connectivity index (χ2n) is 6.34. The van der Waals surface area contributed by atoms with Gasteiger partial charge in [-0.2, -0.15) is 0 Å². The largest absolute Gasteiger partial charge is 0.480 e. The number of aliphatic carboxylic acids is 1. The Bertz CT molecular complexity index is 965. The Kier molecular flexibility index (Phi) is 6.22. The van der Waals surface area contributed by atoms with Crippen molar-refractivity contribution < 1.29 is 23.1 Å². The van der Waals surface area contributed by atoms with E-state index in [1.807, 2.05) is 11.5 Å². The molecule has 0 spiro atoms. The Labute approximate surface area is 158 Å². The monoisotopic (exact) mass is 396 g/mol. The number of carbonyl (C=O) groups excluding carboxylic acids is 1. The van der Waals surface area contributed by atoms with Gasteiger partial charge in [-0.1, -0.05) is 0 Å². The van der Waals surface area contributed by atoms with Gasteiger partial charge in [0, 0.05) is 33.5 Å². The first-order chi connectivity index (χ1) is 12.6. The highest BCUT2D eigenvalue weighted by molar-refractivity contribution is 7.89. The first kappa shape index (κ1) is 20.8. The Balaban J connectivity index is 2.27. The number of sulfonamides is 1. The van der Waals surface area contributed by atoms with Gasteiger partial charge < -0.3 is 15.0 Å². The summed E-state index contributed by atoms with van der Waals surface area (Å²) in [6.45, 7) is 3.94. The van der Waals surface area contributed by atoms with Crippen molar-refractivity contribution in [1.82, 2.24) is 19.2 Å². The molecule has 0 fully saturated rings. The van der Waals surface area contributed by atoms with Gasteiger partial charge in [-0.15, -0.1) is 0 Å². The number of aryl methyl sites for hydroxylation is 2. The molecule has 0 unspecified atom stereocenters. The number of benzene rings is 1. The second kappa shape index (κ2) is 8.05. The number of hydrogen-bond donors (Lipinski definition) is 2. The molecule has 2 rings (SSSR count). The van der Waals surface area contributed by atoms with E-state index in [1.165, 1.54) is 33.2 Å². The van der Waals surface area contributed by atoms with E-state index in [0.717, 1.165) is 9.82 Å². The van der Waals surface area contributed by atoms with Crippen LogP contribution in [-0.4, -0.2) is 59.4 Å². The summed E-state index contributed by atoms with van der Waals surface area (Å²) in [5, 5.41) is 11.2. The molecule has 1 amide bonds. The normalized spacial score (nSPS) is 13.1. The van der Waals surface area contributed by atoms with Crippen LogP contribution in [0.1, 0.15) is 26.1 Å². The van der Waals surface area contributed by atoms with E-state index in [1.54, 1.807) is 6.07 Å². The zero-order valence-corrected chi connectivity index (χ0v) is 16.6. The van der Waals surface area contributed by atoms with Crippen LogP contribution in [-0.2, 0) is 32.6 Å². The lowest BCUT2D eigenvalue weighted by Crippen LogP contribution is -2.38. The van der Waals surface area contributed by atoms with Crippen molar-refractivity contribution in [3.8, 4) is 0 Å². The molecule has 0 aliphatic heterocycles. The summed E-state index contributed by atoms with van der Waals surface area (Å²) in [5.41, 5.74) is 1.32. The zero-order chi connectivity index (χ0) is 20.4. The fourth-order valence-electron chi connectivity index (χ4n) is 2.68. The molecule has 1 aromatic carbocycles. The highest BCUT2D eigenvalue weighted by Crippen LogP contribution is 2.22. The fraction of sp³-hybridized carbons (Fsp3) is 0.471. The number of aromatic nitrogens is 2. The summed E-state index contributed by atoms with van der Waals surface area (Å²) >= 11 is 0. The van der Waals surface area contributed by atoms with Crippen molar-refractivity contribution in [2.24, 2.45) is 0 Å². The highest BCUT2D eigenvalue weighted by Gasteiger charge is 2.20. The Morgan fingerprint density at radius 2 is 2.00 bits per heavy atom. The van der Waals surface area contributed by atoms with Crippen LogP contribution in [0.2, 0.25) is 0 Å². The van der Waals surface area contributed by atoms with Gasteiger partial charge in [0.15, 0.2) is 0 Å². The van der Waals surface area contributed by atoms with Crippen molar-refractivity contribution >= 4 is 32.9 Å². The molecular formula is C17H24N4O5S. The quantitative estimate of drug-likeness (QED) is 0.682. The SMILES string of the molecule is CCn1c(CCC(=O)N[C@@H](C)C(=O)O)nc2cc(S(=O)(=O)N(C)C)ccc21. The van der Waals surface area contributed by atoms with Crippen molar-refractivity contribution in [2.45, 2.75) is 44.2 Å². The minimum Gasteiger partial charge on any atom is -0.480 e. The van der Waals surface area contributed by atoms with Crippen LogP contribution < -0.4 is 5.32 Å². The first-order valence-corrected chi connectivity index (χ1v) is 9.95. The molecule has 2 aromatic rings. The molecule has 0 saturated carbocycles. The highest BCUT2D eigenvalue weighted by atomic mass is 32.2. The summed E-state index contributed by atoms with van der Waals surface area (Å²) < 4.78 is 27.7. The molecule has 1 aromatic heterocycles. The maximum absolute atomic E-state index is 12.3. The molecule has 1 atom stereocenters. The molecule has 0 bridgehead atoms. The van der Waals surface area contributed by atoms with Crippen molar-refractivity contribution in [1.29, 1.82) is 0 Å². The minimum absolute atomic E-state index is 0.0871. The number of carboxylic acids is 1. The number of imidazole rings is 1. The number of carboxylic acid groups (broad SMARTS) is 1. The van der Waals surface area contributed by atoms with Crippen LogP contribution in [0.15, 0.2) is 23.1 Å². The van der Waals surface area contributed by atoms with Gasteiger partial charge in [0.05, 0.1) is 15.9 Å². The van der Waals surface area contributed by atoms with Gasteiger partial charge >= 0.3 is 5.97 Å². The van der Waals surface area contributed by atoms with E-state index in [9.17, 15) is 18.0 Å². The van der Waals surface area contributed by atoms with E-state index in [-0.39, 0.29) is 17.2 Å². The molecule has 148 valence electrons. The summed E-state index contributed by atoms with van der Waals surface area (Å²) in [6.07, 6.45) is 0.403. The van der Waals surface area contributed by atoms with Crippen molar-refractivity contribution in [3.63, 3.8) is 0 Å². The minimum atomic E-state index is -3.56. The Hall–Kier alpha value is -2.46. The van der Waals surface area contributed by atoms with E-state index in [2.05, 4.69) is 10.3 Å². The number of fused-ring (bicyclic) bond motifs is 1. The molecule has 27 heavy (non-hydrogen) atoms. The van der Waals surface area contributed by atoms with Crippen LogP contribution in [0.4, 0.5) is 0 Å². The zero-order valence-electron chi connectivity index (χ0n) is 15.8. The number of carbonyl (C=O) groups is 2. The number of nitrogens with zero attached hydrogens (tertiary/aromatic N) is 3. The van der Waals surface area contributed by atoms with E-state index >= 15 is 0 Å². The van der Waals surface area contributed by atoms with Gasteiger partial charge in [0.2, 0.25) is 15.9 Å². The fourth-order valence-corrected chi connectivity index (χ4v) is 3.60. The maximum Gasteiger partial charge on any atom is 0.325 e. The third-order valence-electron chi connectivity index (χ3n) is 4.22. The van der Waals surface area contributed by atoms with Crippen LogP contribution in [0.3, 0.4) is 0 Å². The van der Waals surface area contributed by atoms with E-state index in [0.29, 0.717) is 24.3 Å². The molecule has 2 N–H and O–H groups in total. The van der Waals surface area contributed by atoms with Crippen LogP contribution in [0.25, 0.3) is 11.0 Å². The smallest absolute Gasteiger partial charge is 0.325 e. The summed E-state index contributed by atoms with van der Waals surface area (Å²) in [7, 11) is -0.632. The molecular weight excluding hydrogens is 372 g/mol. The number of hydrogen-bond acceptors (Lipinski definition) is 5. The predicted molar refractivity (Wildman–Crippen MR) is 99.8 cm³/mol. The van der Waals surface area contributed by atoms with Gasteiger partial charge in [0.25, 0.3) is 0 Å². The molecule has 0 aliphatic rings. The van der Waals surface area contributed by atoms with E-state index in [4.69, 9.17) is 5.11 Å². The molecule has 1 heterocycles. The molecule has 0 radical (unpaired) electrons. The number of rotatable bonds is 8.